The van der Waals surface area contributed by atoms with Gasteiger partial charge in [0, 0.05) is 34.6 Å². The zero-order valence-electron chi connectivity index (χ0n) is 17.4. The first-order valence-electron chi connectivity index (χ1n) is 10.9. The molecular formula is C25H22F2N4O. The van der Waals surface area contributed by atoms with Gasteiger partial charge in [-0.25, -0.2) is 13.8 Å². The normalized spacial score (nSPS) is 19.4. The van der Waals surface area contributed by atoms with Crippen LogP contribution >= 0.6 is 0 Å². The van der Waals surface area contributed by atoms with E-state index in [1.165, 1.54) is 31.0 Å². The minimum absolute atomic E-state index is 0.0377. The fraction of sp³-hybridized carbons (Fsp3) is 0.280. The Morgan fingerprint density at radius 1 is 1.03 bits per heavy atom. The monoisotopic (exact) mass is 432 g/mol. The molecule has 0 unspecified atom stereocenters. The highest BCUT2D eigenvalue weighted by Crippen LogP contribution is 2.53. The zero-order chi connectivity index (χ0) is 21.7. The van der Waals surface area contributed by atoms with E-state index in [1.54, 1.807) is 24.5 Å². The van der Waals surface area contributed by atoms with Gasteiger partial charge in [0.2, 0.25) is 5.88 Å². The van der Waals surface area contributed by atoms with E-state index >= 15 is 0 Å². The predicted molar refractivity (Wildman–Crippen MR) is 118 cm³/mol. The fourth-order valence-corrected chi connectivity index (χ4v) is 4.79. The van der Waals surface area contributed by atoms with Crippen LogP contribution in [0.3, 0.4) is 0 Å². The van der Waals surface area contributed by atoms with Gasteiger partial charge in [-0.3, -0.25) is 4.98 Å². The largest absolute Gasteiger partial charge is 0.471 e. The summed E-state index contributed by atoms with van der Waals surface area (Å²) in [7, 11) is 0. The van der Waals surface area contributed by atoms with Crippen LogP contribution in [0.25, 0.3) is 33.3 Å². The molecule has 1 saturated heterocycles. The lowest BCUT2D eigenvalue weighted by atomic mass is 9.92. The second kappa shape index (κ2) is 7.38. The van der Waals surface area contributed by atoms with E-state index < -0.39 is 11.6 Å². The fourth-order valence-electron chi connectivity index (χ4n) is 4.79. The summed E-state index contributed by atoms with van der Waals surface area (Å²) in [5.41, 5.74) is 3.01. The molecule has 0 amide bonds. The van der Waals surface area contributed by atoms with E-state index in [9.17, 15) is 8.78 Å². The molecular weight excluding hydrogens is 410 g/mol. The van der Waals surface area contributed by atoms with Crippen molar-refractivity contribution in [2.45, 2.75) is 25.4 Å². The number of hydrogen-bond acceptors (Lipinski definition) is 4. The van der Waals surface area contributed by atoms with Gasteiger partial charge in [0.15, 0.2) is 0 Å². The van der Waals surface area contributed by atoms with Crippen LogP contribution in [0, 0.1) is 17.0 Å². The molecule has 1 aliphatic heterocycles. The van der Waals surface area contributed by atoms with Gasteiger partial charge >= 0.3 is 0 Å². The molecule has 7 heteroatoms. The molecule has 2 aromatic carbocycles. The van der Waals surface area contributed by atoms with Crippen LogP contribution in [-0.4, -0.2) is 34.1 Å². The summed E-state index contributed by atoms with van der Waals surface area (Å²) in [6.45, 7) is 1.85. The Hall–Kier alpha value is -3.32. The highest BCUT2D eigenvalue weighted by atomic mass is 19.1. The number of halogens is 2. The van der Waals surface area contributed by atoms with Crippen molar-refractivity contribution >= 4 is 10.9 Å². The van der Waals surface area contributed by atoms with Gasteiger partial charge in [-0.1, -0.05) is 12.1 Å². The van der Waals surface area contributed by atoms with Crippen molar-refractivity contribution in [2.24, 2.45) is 5.41 Å². The topological polar surface area (TPSA) is 62.8 Å². The number of piperidine rings is 1. The second-order valence-electron chi connectivity index (χ2n) is 8.72. The molecule has 2 aromatic heterocycles. The average Bonchev–Trinajstić information content (AvgIpc) is 3.44. The Morgan fingerprint density at radius 2 is 1.88 bits per heavy atom. The van der Waals surface area contributed by atoms with Crippen LogP contribution < -0.4 is 10.1 Å². The van der Waals surface area contributed by atoms with Crippen molar-refractivity contribution in [3.05, 3.63) is 66.6 Å². The van der Waals surface area contributed by atoms with E-state index in [4.69, 9.17) is 9.72 Å². The van der Waals surface area contributed by atoms with E-state index in [1.807, 2.05) is 12.3 Å². The van der Waals surface area contributed by atoms with E-state index in [2.05, 4.69) is 15.3 Å². The van der Waals surface area contributed by atoms with Crippen LogP contribution in [0.4, 0.5) is 8.78 Å². The van der Waals surface area contributed by atoms with E-state index in [0.717, 1.165) is 36.0 Å². The summed E-state index contributed by atoms with van der Waals surface area (Å²) in [6.07, 6.45) is 8.78. The number of nitrogens with one attached hydrogen (secondary N) is 2. The van der Waals surface area contributed by atoms with E-state index in [-0.39, 0.29) is 17.1 Å². The molecule has 1 atom stereocenters. The Balaban J connectivity index is 1.37. The Labute approximate surface area is 183 Å². The molecule has 32 heavy (non-hydrogen) atoms. The third-order valence-corrected chi connectivity index (χ3v) is 6.79. The highest BCUT2D eigenvalue weighted by Gasteiger charge is 2.52. The third-order valence-electron chi connectivity index (χ3n) is 6.79. The number of rotatable bonds is 4. The van der Waals surface area contributed by atoms with E-state index in [0.29, 0.717) is 17.1 Å². The van der Waals surface area contributed by atoms with Crippen LogP contribution in [0.15, 0.2) is 55.0 Å². The first-order valence-corrected chi connectivity index (χ1v) is 10.9. The summed E-state index contributed by atoms with van der Waals surface area (Å²) >= 11 is 0. The maximum absolute atomic E-state index is 14.3. The van der Waals surface area contributed by atoms with Crippen molar-refractivity contribution in [1.82, 2.24) is 20.3 Å². The average molecular weight is 432 g/mol. The number of aromatic amines is 1. The van der Waals surface area contributed by atoms with Gasteiger partial charge in [-0.2, -0.15) is 0 Å². The molecule has 5 nitrogen and oxygen atoms in total. The van der Waals surface area contributed by atoms with Crippen LogP contribution in [0.5, 0.6) is 5.88 Å². The maximum Gasteiger partial charge on any atom is 0.233 e. The number of H-pyrrole nitrogens is 1. The van der Waals surface area contributed by atoms with Crippen LogP contribution in [0.2, 0.25) is 0 Å². The van der Waals surface area contributed by atoms with Gasteiger partial charge < -0.3 is 15.0 Å². The Bertz CT molecular complexity index is 1290. The minimum atomic E-state index is -0.591. The molecule has 162 valence electrons. The van der Waals surface area contributed by atoms with Gasteiger partial charge in [-0.05, 0) is 55.6 Å². The number of ether oxygens (including phenoxy) is 1. The number of aromatic nitrogens is 3. The van der Waals surface area contributed by atoms with Gasteiger partial charge in [0.1, 0.15) is 17.7 Å². The third kappa shape index (κ3) is 3.24. The Morgan fingerprint density at radius 3 is 2.69 bits per heavy atom. The lowest BCUT2D eigenvalue weighted by Gasteiger charge is -2.32. The van der Waals surface area contributed by atoms with Gasteiger partial charge in [-0.15, -0.1) is 0 Å². The summed E-state index contributed by atoms with van der Waals surface area (Å²) < 4.78 is 34.9. The molecule has 4 aromatic rings. The highest BCUT2D eigenvalue weighted by molar-refractivity contribution is 5.97. The number of benzene rings is 2. The molecule has 2 N–H and O–H groups in total. The van der Waals surface area contributed by atoms with Gasteiger partial charge in [0.25, 0.3) is 0 Å². The Kier molecular flexibility index (Phi) is 4.47. The molecule has 1 spiro atoms. The number of fused-ring (bicyclic) bond motifs is 1. The molecule has 6 rings (SSSR count). The molecule has 0 radical (unpaired) electrons. The van der Waals surface area contributed by atoms with Crippen molar-refractivity contribution in [3.63, 3.8) is 0 Å². The summed E-state index contributed by atoms with van der Waals surface area (Å²) in [5.74, 6) is -0.688. The smallest absolute Gasteiger partial charge is 0.233 e. The van der Waals surface area contributed by atoms with Crippen molar-refractivity contribution in [1.29, 1.82) is 0 Å². The molecule has 1 aliphatic carbocycles. The molecule has 0 bridgehead atoms. The summed E-state index contributed by atoms with van der Waals surface area (Å²) in [4.78, 5) is 12.3. The standard InChI is InChI=1S/C25H22F2N4O/c26-18-2-1-3-19(27)24(18)15-4-5-20-16(10-15)17(11-30-20)21-12-29-14-23(31-21)32-22-13-28-9-8-25(22)6-7-25/h1-5,10-12,14,22,28,30H,6-9,13H2/t22-/m1/s1. The number of nitrogens with zero attached hydrogens (tertiary/aromatic N) is 2. The quantitative estimate of drug-likeness (QED) is 0.472. The maximum atomic E-state index is 14.3. The van der Waals surface area contributed by atoms with Crippen molar-refractivity contribution in [2.75, 3.05) is 13.1 Å². The second-order valence-corrected chi connectivity index (χ2v) is 8.72. The lowest BCUT2D eigenvalue weighted by molar-refractivity contribution is 0.0844. The number of hydrogen-bond donors (Lipinski definition) is 2. The first-order chi connectivity index (χ1) is 15.6. The predicted octanol–water partition coefficient (Wildman–Crippen LogP) is 5.09. The zero-order valence-corrected chi connectivity index (χ0v) is 17.4. The van der Waals surface area contributed by atoms with Crippen molar-refractivity contribution < 1.29 is 13.5 Å². The molecule has 2 aliphatic rings. The first kappa shape index (κ1) is 19.4. The van der Waals surface area contributed by atoms with Gasteiger partial charge in [0.05, 0.1) is 23.7 Å². The molecule has 3 heterocycles. The van der Waals surface area contributed by atoms with Crippen LogP contribution in [0.1, 0.15) is 19.3 Å². The summed E-state index contributed by atoms with van der Waals surface area (Å²) in [5, 5.41) is 4.22. The molecule has 2 fully saturated rings. The SMILES string of the molecule is Fc1cccc(F)c1-c1ccc2[nH]cc(-c3cncc(O[C@@H]4CNCCC45CC5)n3)c2c1. The summed E-state index contributed by atoms with van der Waals surface area (Å²) in [6, 6.07) is 9.20. The van der Waals surface area contributed by atoms with Crippen molar-refractivity contribution in [3.8, 4) is 28.3 Å². The molecule has 1 saturated carbocycles. The van der Waals surface area contributed by atoms with Crippen LogP contribution in [-0.2, 0) is 0 Å². The lowest BCUT2D eigenvalue weighted by Crippen LogP contribution is -2.45. The minimum Gasteiger partial charge on any atom is -0.471 e.